The largest absolute Gasteiger partial charge is 0.352 e. The van der Waals surface area contributed by atoms with Crippen LogP contribution < -0.4 is 10.6 Å². The van der Waals surface area contributed by atoms with Gasteiger partial charge in [-0.25, -0.2) is 0 Å². The summed E-state index contributed by atoms with van der Waals surface area (Å²) >= 11 is 0. The third kappa shape index (κ3) is 4.76. The number of hydrogen-bond donors (Lipinski definition) is 2. The predicted octanol–water partition coefficient (Wildman–Crippen LogP) is 3.85. The van der Waals surface area contributed by atoms with Crippen molar-refractivity contribution in [3.05, 3.63) is 35.9 Å². The Morgan fingerprint density at radius 1 is 1.00 bits per heavy atom. The second-order valence-corrected chi connectivity index (χ2v) is 9.86. The summed E-state index contributed by atoms with van der Waals surface area (Å²) in [6, 6.07) is 10.4. The Hall–Kier alpha value is -1.84. The smallest absolute Gasteiger partial charge is 0.239 e. The molecule has 152 valence electrons. The molecule has 2 amide bonds. The number of rotatable bonds is 8. The van der Waals surface area contributed by atoms with Gasteiger partial charge in [-0.2, -0.15) is 0 Å². The van der Waals surface area contributed by atoms with Crippen LogP contribution in [0.15, 0.2) is 30.3 Å². The summed E-state index contributed by atoms with van der Waals surface area (Å²) in [4.78, 5) is 24.7. The van der Waals surface area contributed by atoms with Crippen LogP contribution in [0, 0.1) is 23.2 Å². The number of benzene rings is 1. The maximum absolute atomic E-state index is 12.5. The van der Waals surface area contributed by atoms with E-state index in [1.165, 1.54) is 44.1 Å². The summed E-state index contributed by atoms with van der Waals surface area (Å²) in [5.74, 6) is 2.54. The van der Waals surface area contributed by atoms with Gasteiger partial charge in [-0.1, -0.05) is 30.3 Å². The van der Waals surface area contributed by atoms with Gasteiger partial charge < -0.3 is 10.6 Å². The predicted molar refractivity (Wildman–Crippen MR) is 111 cm³/mol. The van der Waals surface area contributed by atoms with E-state index in [0.717, 1.165) is 30.6 Å². The number of carbonyl (C=O) groups is 2. The highest BCUT2D eigenvalue weighted by Crippen LogP contribution is 2.61. The quantitative estimate of drug-likeness (QED) is 0.717. The topological polar surface area (TPSA) is 58.2 Å². The van der Waals surface area contributed by atoms with E-state index >= 15 is 0 Å². The Morgan fingerprint density at radius 2 is 1.61 bits per heavy atom. The minimum absolute atomic E-state index is 0.0639. The lowest BCUT2D eigenvalue weighted by atomic mass is 9.49. The lowest BCUT2D eigenvalue weighted by Crippen LogP contribution is -2.48. The van der Waals surface area contributed by atoms with Crippen molar-refractivity contribution in [1.29, 1.82) is 0 Å². The first-order valence-corrected chi connectivity index (χ1v) is 11.1. The minimum Gasteiger partial charge on any atom is -0.352 e. The molecule has 1 atom stereocenters. The Morgan fingerprint density at radius 3 is 2.21 bits per heavy atom. The van der Waals surface area contributed by atoms with Gasteiger partial charge >= 0.3 is 0 Å². The van der Waals surface area contributed by atoms with Crippen molar-refractivity contribution in [1.82, 2.24) is 10.6 Å². The lowest BCUT2D eigenvalue weighted by molar-refractivity contribution is -0.132. The summed E-state index contributed by atoms with van der Waals surface area (Å²) in [6.45, 7) is 2.12. The number of carbonyl (C=O) groups excluding carboxylic acids is 2. The molecule has 2 N–H and O–H groups in total. The fourth-order valence-electron chi connectivity index (χ4n) is 6.51. The van der Waals surface area contributed by atoms with Crippen LogP contribution in [0.1, 0.15) is 63.9 Å². The maximum Gasteiger partial charge on any atom is 0.239 e. The highest BCUT2D eigenvalue weighted by atomic mass is 16.2. The van der Waals surface area contributed by atoms with Crippen molar-refractivity contribution in [3.8, 4) is 0 Å². The first-order valence-electron chi connectivity index (χ1n) is 11.1. The number of hydrogen-bond acceptors (Lipinski definition) is 2. The molecular formula is C24H34N2O2. The van der Waals surface area contributed by atoms with E-state index < -0.39 is 0 Å². The Kier molecular flexibility index (Phi) is 5.75. The van der Waals surface area contributed by atoms with E-state index in [1.54, 1.807) is 0 Å². The molecule has 1 unspecified atom stereocenters. The molecule has 4 nitrogen and oxygen atoms in total. The second-order valence-electron chi connectivity index (χ2n) is 9.86. The molecule has 0 radical (unpaired) electrons. The summed E-state index contributed by atoms with van der Waals surface area (Å²) in [5.41, 5.74) is 1.52. The van der Waals surface area contributed by atoms with Crippen molar-refractivity contribution in [3.63, 3.8) is 0 Å². The van der Waals surface area contributed by atoms with Crippen molar-refractivity contribution >= 4 is 11.8 Å². The van der Waals surface area contributed by atoms with Gasteiger partial charge in [0, 0.05) is 12.5 Å². The third-order valence-electron chi connectivity index (χ3n) is 7.26. The van der Waals surface area contributed by atoms with Gasteiger partial charge in [-0.3, -0.25) is 9.59 Å². The van der Waals surface area contributed by atoms with E-state index in [-0.39, 0.29) is 29.8 Å². The van der Waals surface area contributed by atoms with E-state index in [9.17, 15) is 9.59 Å². The zero-order valence-corrected chi connectivity index (χ0v) is 17.1. The summed E-state index contributed by atoms with van der Waals surface area (Å²) in [6.07, 6.45) is 10.3. The molecule has 0 spiro atoms. The molecule has 1 aromatic rings. The number of amides is 2. The van der Waals surface area contributed by atoms with Gasteiger partial charge in [-0.05, 0) is 87.0 Å². The first kappa shape index (κ1) is 19.5. The molecule has 0 aromatic heterocycles. The molecule has 4 fully saturated rings. The average Bonchev–Trinajstić information content (AvgIpc) is 2.64. The maximum atomic E-state index is 12.5. The highest BCUT2D eigenvalue weighted by molar-refractivity contribution is 5.85. The summed E-state index contributed by atoms with van der Waals surface area (Å²) < 4.78 is 0. The SMILES string of the molecule is CC(CCc1ccccc1)NC(=O)CNC(=O)CC12CC3CC(CC(C3)C1)C2. The van der Waals surface area contributed by atoms with Crippen LogP contribution in [0.3, 0.4) is 0 Å². The molecule has 4 saturated carbocycles. The minimum atomic E-state index is -0.0839. The average molecular weight is 383 g/mol. The normalized spacial score (nSPS) is 31.4. The highest BCUT2D eigenvalue weighted by Gasteiger charge is 2.51. The molecule has 0 heterocycles. The number of nitrogens with one attached hydrogen (secondary N) is 2. The number of aryl methyl sites for hydroxylation is 1. The standard InChI is InChI=1S/C24H34N2O2/c1-17(7-8-18-5-3-2-4-6-18)26-23(28)16-25-22(27)15-24-12-19-9-20(13-24)11-21(10-19)14-24/h2-6,17,19-21H,7-16H2,1H3,(H,25,27)(H,26,28). The monoisotopic (exact) mass is 382 g/mol. The fourth-order valence-corrected chi connectivity index (χ4v) is 6.51. The molecule has 4 aliphatic carbocycles. The molecule has 4 heteroatoms. The van der Waals surface area contributed by atoms with Crippen molar-refractivity contribution in [2.24, 2.45) is 23.2 Å². The lowest BCUT2D eigenvalue weighted by Gasteiger charge is -2.56. The van der Waals surface area contributed by atoms with Crippen LogP contribution in [-0.4, -0.2) is 24.4 Å². The van der Waals surface area contributed by atoms with Gasteiger partial charge in [-0.15, -0.1) is 0 Å². The molecule has 1 aromatic carbocycles. The van der Waals surface area contributed by atoms with Crippen LogP contribution in [0.5, 0.6) is 0 Å². The second kappa shape index (κ2) is 8.26. The van der Waals surface area contributed by atoms with Crippen LogP contribution in [-0.2, 0) is 16.0 Å². The van der Waals surface area contributed by atoms with Crippen LogP contribution >= 0.6 is 0 Å². The molecular weight excluding hydrogens is 348 g/mol. The Labute approximate surface area is 168 Å². The van der Waals surface area contributed by atoms with Gasteiger partial charge in [0.15, 0.2) is 0 Å². The summed E-state index contributed by atoms with van der Waals surface area (Å²) in [7, 11) is 0. The van der Waals surface area contributed by atoms with E-state index in [1.807, 2.05) is 25.1 Å². The third-order valence-corrected chi connectivity index (χ3v) is 7.26. The first-order chi connectivity index (χ1) is 13.5. The molecule has 4 bridgehead atoms. The van der Waals surface area contributed by atoms with Crippen molar-refractivity contribution in [2.45, 2.75) is 70.8 Å². The van der Waals surface area contributed by atoms with Crippen LogP contribution in [0.2, 0.25) is 0 Å². The summed E-state index contributed by atoms with van der Waals surface area (Å²) in [5, 5.41) is 5.90. The van der Waals surface area contributed by atoms with Crippen molar-refractivity contribution in [2.75, 3.05) is 6.54 Å². The van der Waals surface area contributed by atoms with Gasteiger partial charge in [0.05, 0.1) is 6.54 Å². The van der Waals surface area contributed by atoms with Gasteiger partial charge in [0.25, 0.3) is 0 Å². The molecule has 0 aliphatic heterocycles. The molecule has 5 rings (SSSR count). The van der Waals surface area contributed by atoms with Crippen LogP contribution in [0.4, 0.5) is 0 Å². The van der Waals surface area contributed by atoms with E-state index in [0.29, 0.717) is 6.42 Å². The zero-order chi connectivity index (χ0) is 19.6. The van der Waals surface area contributed by atoms with Gasteiger partial charge in [0.1, 0.15) is 0 Å². The fraction of sp³-hybridized carbons (Fsp3) is 0.667. The van der Waals surface area contributed by atoms with E-state index in [4.69, 9.17) is 0 Å². The molecule has 0 saturated heterocycles. The zero-order valence-electron chi connectivity index (χ0n) is 17.1. The van der Waals surface area contributed by atoms with Gasteiger partial charge in [0.2, 0.25) is 11.8 Å². The molecule has 28 heavy (non-hydrogen) atoms. The molecule has 4 aliphatic rings. The van der Waals surface area contributed by atoms with Crippen molar-refractivity contribution < 1.29 is 9.59 Å². The van der Waals surface area contributed by atoms with E-state index in [2.05, 4.69) is 22.8 Å². The Bertz CT molecular complexity index is 665. The Balaban J connectivity index is 1.17. The van der Waals surface area contributed by atoms with Crippen LogP contribution in [0.25, 0.3) is 0 Å².